The number of fused-ring (bicyclic) bond motifs is 1. The minimum Gasteiger partial charge on any atom is -0.493 e. The lowest BCUT2D eigenvalue weighted by molar-refractivity contribution is -0.127. The molecule has 0 atom stereocenters. The summed E-state index contributed by atoms with van der Waals surface area (Å²) < 4.78 is 53.6. The van der Waals surface area contributed by atoms with Crippen molar-refractivity contribution in [3.8, 4) is 27.7 Å². The van der Waals surface area contributed by atoms with Gasteiger partial charge in [0, 0.05) is 48.2 Å². The number of ether oxygens (including phenoxy) is 2. The Morgan fingerprint density at radius 1 is 1.15 bits per heavy atom. The van der Waals surface area contributed by atoms with E-state index in [1.54, 1.807) is 12.3 Å². The van der Waals surface area contributed by atoms with Gasteiger partial charge in [-0.1, -0.05) is 0 Å². The molecule has 39 heavy (non-hydrogen) atoms. The number of likely N-dealkylation sites (tertiary alicyclic amines) is 1. The number of hydrogen-bond donors (Lipinski definition) is 1. The minimum absolute atomic E-state index is 0.0520. The molecule has 6 rings (SSSR count). The molecule has 0 spiro atoms. The zero-order valence-electron chi connectivity index (χ0n) is 21.6. The molecule has 2 aliphatic heterocycles. The molecule has 2 aliphatic rings. The van der Waals surface area contributed by atoms with Crippen LogP contribution >= 0.6 is 11.3 Å². The summed E-state index contributed by atoms with van der Waals surface area (Å²) >= 11 is 1.45. The molecule has 0 radical (unpaired) electrons. The molecule has 4 aromatic heterocycles. The topological polar surface area (TPSA) is 93.5 Å². The monoisotopic (exact) mass is 561 g/mol. The quantitative estimate of drug-likeness (QED) is 0.341. The first-order chi connectivity index (χ1) is 18.9. The smallest absolute Gasteiger partial charge is 0.393 e. The van der Waals surface area contributed by atoms with Crippen LogP contribution in [0.3, 0.4) is 0 Å². The highest BCUT2D eigenvalue weighted by molar-refractivity contribution is 7.15. The van der Waals surface area contributed by atoms with Crippen molar-refractivity contribution in [2.24, 2.45) is 5.92 Å². The van der Waals surface area contributed by atoms with Crippen LogP contribution in [0.1, 0.15) is 42.0 Å². The number of aromatic amines is 1. The van der Waals surface area contributed by atoms with Gasteiger partial charge in [0.05, 0.1) is 24.9 Å². The van der Waals surface area contributed by atoms with Gasteiger partial charge in [-0.05, 0) is 56.7 Å². The molecule has 0 amide bonds. The van der Waals surface area contributed by atoms with Gasteiger partial charge in [0.2, 0.25) is 0 Å². The van der Waals surface area contributed by atoms with Crippen LogP contribution in [0.5, 0.6) is 5.75 Å². The zero-order valence-corrected chi connectivity index (χ0v) is 22.4. The molecule has 208 valence electrons. The van der Waals surface area contributed by atoms with Crippen molar-refractivity contribution in [3.63, 3.8) is 0 Å². The number of methoxy groups -OCH3 is 1. The predicted molar refractivity (Wildman–Crippen MR) is 140 cm³/mol. The van der Waals surface area contributed by atoms with E-state index >= 15 is 0 Å². The average Bonchev–Trinajstić information content (AvgIpc) is 3.68. The molecular formula is C26H30F3N7O2S. The first-order valence-corrected chi connectivity index (χ1v) is 14.0. The molecule has 13 heteroatoms. The number of nitrogens with one attached hydrogen (secondary N) is 1. The Hall–Kier alpha value is -3.03. The van der Waals surface area contributed by atoms with Crippen LogP contribution in [0.15, 0.2) is 24.8 Å². The van der Waals surface area contributed by atoms with Crippen molar-refractivity contribution >= 4 is 17.0 Å². The maximum Gasteiger partial charge on any atom is 0.393 e. The number of piperidine rings is 1. The zero-order chi connectivity index (χ0) is 27.0. The van der Waals surface area contributed by atoms with Gasteiger partial charge in [-0.3, -0.25) is 5.10 Å². The van der Waals surface area contributed by atoms with E-state index in [4.69, 9.17) is 9.47 Å². The first-order valence-electron chi connectivity index (χ1n) is 13.2. The predicted octanol–water partition coefficient (Wildman–Crippen LogP) is 4.96. The van der Waals surface area contributed by atoms with Gasteiger partial charge in [-0.25, -0.2) is 14.5 Å². The second-order valence-electron chi connectivity index (χ2n) is 10.2. The summed E-state index contributed by atoms with van der Waals surface area (Å²) in [6, 6.07) is 1.63. The van der Waals surface area contributed by atoms with E-state index in [0.29, 0.717) is 39.5 Å². The van der Waals surface area contributed by atoms with Crippen LogP contribution in [0.4, 0.5) is 13.2 Å². The summed E-state index contributed by atoms with van der Waals surface area (Å²) in [6.45, 7) is 4.88. The number of alkyl halides is 3. The molecule has 0 aliphatic carbocycles. The van der Waals surface area contributed by atoms with E-state index in [1.165, 1.54) is 29.3 Å². The molecule has 0 bridgehead atoms. The average molecular weight is 562 g/mol. The number of aromatic nitrogens is 6. The fourth-order valence-electron chi connectivity index (χ4n) is 5.61. The highest BCUT2D eigenvalue weighted by Gasteiger charge is 2.34. The van der Waals surface area contributed by atoms with E-state index in [1.807, 2.05) is 6.20 Å². The standard InChI is InChI=1S/C26H30F3N7O2S/c1-37-20-10-18(14-36-24(20)31-15-32-36)22-19(11-26(27,28)29)23(34-33-22)25-30-12-21(39-25)17-2-6-35(7-3-17)13-16-4-8-38-9-5-16/h10,12,14-17H,2-9,11,13H2,1H3,(H,33,34). The van der Waals surface area contributed by atoms with Crippen molar-refractivity contribution in [3.05, 3.63) is 35.2 Å². The number of rotatable bonds is 7. The van der Waals surface area contributed by atoms with Crippen LogP contribution in [-0.2, 0) is 11.2 Å². The molecule has 0 aromatic carbocycles. The lowest BCUT2D eigenvalue weighted by Gasteiger charge is -2.35. The van der Waals surface area contributed by atoms with Crippen molar-refractivity contribution in [1.29, 1.82) is 0 Å². The Morgan fingerprint density at radius 3 is 2.69 bits per heavy atom. The maximum atomic E-state index is 13.7. The molecular weight excluding hydrogens is 531 g/mol. The SMILES string of the molecule is COc1cc(-c2n[nH]c(-c3ncc(C4CCN(CC5CCOCC5)CC4)s3)c2CC(F)(F)F)cn2ncnc12. The van der Waals surface area contributed by atoms with Crippen LogP contribution in [0, 0.1) is 5.92 Å². The largest absolute Gasteiger partial charge is 0.493 e. The summed E-state index contributed by atoms with van der Waals surface area (Å²) in [6.07, 6.45) is 3.53. The van der Waals surface area contributed by atoms with E-state index in [0.717, 1.165) is 63.4 Å². The Bertz CT molecular complexity index is 1420. The number of hydrogen-bond acceptors (Lipinski definition) is 8. The van der Waals surface area contributed by atoms with Crippen LogP contribution in [0.25, 0.3) is 27.6 Å². The van der Waals surface area contributed by atoms with Crippen molar-refractivity contribution in [2.45, 2.75) is 44.2 Å². The van der Waals surface area contributed by atoms with Gasteiger partial charge in [-0.15, -0.1) is 11.3 Å². The second-order valence-corrected chi connectivity index (χ2v) is 11.3. The van der Waals surface area contributed by atoms with Gasteiger partial charge in [0.25, 0.3) is 0 Å². The van der Waals surface area contributed by atoms with Gasteiger partial charge in [-0.2, -0.15) is 23.4 Å². The van der Waals surface area contributed by atoms with Gasteiger partial charge in [0.1, 0.15) is 11.3 Å². The van der Waals surface area contributed by atoms with E-state index in [9.17, 15) is 13.2 Å². The summed E-state index contributed by atoms with van der Waals surface area (Å²) in [4.78, 5) is 12.3. The minimum atomic E-state index is -4.42. The number of H-pyrrole nitrogens is 1. The third-order valence-corrected chi connectivity index (χ3v) is 8.84. The number of thiazole rings is 1. The fraction of sp³-hybridized carbons (Fsp3) is 0.538. The molecule has 2 saturated heterocycles. The first kappa shape index (κ1) is 26.2. The Morgan fingerprint density at radius 2 is 1.95 bits per heavy atom. The number of nitrogens with zero attached hydrogens (tertiary/aromatic N) is 6. The fourth-order valence-corrected chi connectivity index (χ4v) is 6.72. The third-order valence-electron chi connectivity index (χ3n) is 7.66. The van der Waals surface area contributed by atoms with Gasteiger partial charge < -0.3 is 14.4 Å². The lowest BCUT2D eigenvalue weighted by Crippen LogP contribution is -2.37. The highest BCUT2D eigenvalue weighted by Crippen LogP contribution is 2.40. The van der Waals surface area contributed by atoms with E-state index in [2.05, 4.69) is 30.2 Å². The molecule has 4 aromatic rings. The maximum absolute atomic E-state index is 13.7. The summed E-state index contributed by atoms with van der Waals surface area (Å²) in [7, 11) is 1.48. The molecule has 1 N–H and O–H groups in total. The Kier molecular flexibility index (Phi) is 7.29. The van der Waals surface area contributed by atoms with Crippen LogP contribution < -0.4 is 4.74 Å². The van der Waals surface area contributed by atoms with E-state index < -0.39 is 12.6 Å². The number of halogens is 3. The van der Waals surface area contributed by atoms with Crippen LogP contribution in [0.2, 0.25) is 0 Å². The Labute approximate surface area is 227 Å². The third kappa shape index (κ3) is 5.66. The molecule has 9 nitrogen and oxygen atoms in total. The van der Waals surface area contributed by atoms with Crippen molar-refractivity contribution in [1.82, 2.24) is 34.7 Å². The van der Waals surface area contributed by atoms with E-state index in [-0.39, 0.29) is 11.3 Å². The lowest BCUT2D eigenvalue weighted by atomic mass is 9.93. The molecule has 0 saturated carbocycles. The Balaban J connectivity index is 1.24. The van der Waals surface area contributed by atoms with Gasteiger partial charge >= 0.3 is 6.18 Å². The van der Waals surface area contributed by atoms with Gasteiger partial charge in [0.15, 0.2) is 11.4 Å². The molecule has 2 fully saturated rings. The van der Waals surface area contributed by atoms with Crippen molar-refractivity contribution in [2.75, 3.05) is 40.0 Å². The summed E-state index contributed by atoms with van der Waals surface area (Å²) in [5, 5.41) is 11.8. The normalized spacial score (nSPS) is 18.3. The summed E-state index contributed by atoms with van der Waals surface area (Å²) in [5.41, 5.74) is 1.46. The molecule has 0 unspecified atom stereocenters. The second kappa shape index (κ2) is 10.9. The highest BCUT2D eigenvalue weighted by atomic mass is 32.1. The number of pyridine rings is 1. The molecule has 6 heterocycles. The van der Waals surface area contributed by atoms with Crippen LogP contribution in [-0.4, -0.2) is 80.8 Å². The van der Waals surface area contributed by atoms with Crippen molar-refractivity contribution < 1.29 is 22.6 Å². The summed E-state index contributed by atoms with van der Waals surface area (Å²) in [5.74, 6) is 1.46.